The van der Waals surface area contributed by atoms with Crippen molar-refractivity contribution in [3.8, 4) is 22.3 Å². The standard InChI is InChI=1S/C21H18ClN5O2S.C21H19N7O.C7H8N2O/c1-13-2-6-16(7-3-13)30(28,29)27-12-17(14-8-10-23-11-9-14)18-19(24-15-4-5-15)25-21(22)26-20(18)27;22-18(29)13-1-3-15(4-2-13)26-21-27-19-17(20(28-21)25-14-5-6-14)16(11-24-19)12-7-9-23-10-8-12;8-6-3-1-5(2-4-6)7(9)10/h2-3,6-12,15H,4-5H2,1H3,(H,24,25,26);1-4,7-11,14H,5-6H2,(H2,22,29)(H3,24,25,26,27,28);1-4H,8H2,(H2,9,10). The van der Waals surface area contributed by atoms with Gasteiger partial charge in [0.05, 0.1) is 15.7 Å². The Morgan fingerprint density at radius 3 is 1.77 bits per heavy atom. The molecule has 10 N–H and O–H groups in total. The number of hydrogen-bond donors (Lipinski definition) is 7. The number of aromatic amines is 1. The van der Waals surface area contributed by atoms with Gasteiger partial charge in [0.1, 0.15) is 17.3 Å². The Hall–Kier alpha value is -8.42. The summed E-state index contributed by atoms with van der Waals surface area (Å²) in [6.07, 6.45) is 14.7. The zero-order valence-corrected chi connectivity index (χ0v) is 38.5. The molecule has 6 heterocycles. The molecule has 0 aliphatic heterocycles. The lowest BCUT2D eigenvalue weighted by Crippen LogP contribution is -2.13. The molecular formula is C49H45ClN14O4S. The maximum Gasteiger partial charge on any atom is 0.269 e. The third-order valence-corrected chi connectivity index (χ3v) is 13.0. The van der Waals surface area contributed by atoms with Crippen molar-refractivity contribution in [2.24, 2.45) is 11.5 Å². The molecule has 0 spiro atoms. The number of aryl methyl sites for hydroxylation is 1. The fraction of sp³-hybridized carbons (Fsp3) is 0.143. The average molecular weight is 962 g/mol. The molecule has 348 valence electrons. The molecule has 0 bridgehead atoms. The third-order valence-electron chi connectivity index (χ3n) is 11.1. The van der Waals surface area contributed by atoms with E-state index in [1.807, 2.05) is 37.4 Å². The molecule has 2 amide bonds. The van der Waals surface area contributed by atoms with E-state index in [4.69, 9.17) is 33.8 Å². The second-order valence-corrected chi connectivity index (χ2v) is 18.5. The summed E-state index contributed by atoms with van der Waals surface area (Å²) < 4.78 is 28.2. The zero-order chi connectivity index (χ0) is 48.2. The van der Waals surface area contributed by atoms with Crippen molar-refractivity contribution in [3.63, 3.8) is 0 Å². The number of carbonyl (C=O) groups is 2. The number of nitrogen functional groups attached to an aromatic ring is 1. The number of primary amides is 2. The minimum absolute atomic E-state index is 0.00890. The van der Waals surface area contributed by atoms with Crippen LogP contribution in [0.2, 0.25) is 5.28 Å². The summed E-state index contributed by atoms with van der Waals surface area (Å²) in [7, 11) is -3.89. The minimum atomic E-state index is -3.89. The number of nitrogens with zero attached hydrogens (tertiary/aromatic N) is 7. The minimum Gasteiger partial charge on any atom is -0.399 e. The molecule has 20 heteroatoms. The molecule has 0 unspecified atom stereocenters. The fourth-order valence-electron chi connectivity index (χ4n) is 7.22. The highest BCUT2D eigenvalue weighted by Gasteiger charge is 2.29. The van der Waals surface area contributed by atoms with E-state index in [-0.39, 0.29) is 15.8 Å². The van der Waals surface area contributed by atoms with Crippen molar-refractivity contribution in [2.45, 2.75) is 49.6 Å². The Balaban J connectivity index is 0.000000144. The van der Waals surface area contributed by atoms with Crippen LogP contribution in [0.25, 0.3) is 44.3 Å². The van der Waals surface area contributed by atoms with Crippen molar-refractivity contribution >= 4 is 84.5 Å². The first kappa shape index (κ1) is 45.7. The van der Waals surface area contributed by atoms with Crippen molar-refractivity contribution in [1.82, 2.24) is 38.9 Å². The van der Waals surface area contributed by atoms with Gasteiger partial charge < -0.3 is 38.1 Å². The van der Waals surface area contributed by atoms with Crippen molar-refractivity contribution < 1.29 is 18.0 Å². The van der Waals surface area contributed by atoms with E-state index in [1.165, 1.54) is 3.97 Å². The van der Waals surface area contributed by atoms with Crippen LogP contribution < -0.4 is 33.2 Å². The molecule has 18 nitrogen and oxygen atoms in total. The number of nitrogens with one attached hydrogen (secondary N) is 4. The Bertz CT molecular complexity index is 3420. The number of amides is 2. The number of hydrogen-bond acceptors (Lipinski definition) is 14. The van der Waals surface area contributed by atoms with Gasteiger partial charge in [0.2, 0.25) is 23.0 Å². The van der Waals surface area contributed by atoms with E-state index in [0.717, 1.165) is 70.5 Å². The first-order valence-corrected chi connectivity index (χ1v) is 23.6. The second kappa shape index (κ2) is 19.4. The van der Waals surface area contributed by atoms with E-state index in [9.17, 15) is 18.0 Å². The first-order chi connectivity index (χ1) is 33.3. The average Bonchev–Trinajstić information content (AvgIpc) is 4.27. The summed E-state index contributed by atoms with van der Waals surface area (Å²) in [4.78, 5) is 51.4. The number of H-pyrrole nitrogens is 1. The number of carbonyl (C=O) groups excluding carboxylic acids is 2. The molecule has 2 aliphatic carbocycles. The summed E-state index contributed by atoms with van der Waals surface area (Å²) in [6, 6.07) is 28.4. The van der Waals surface area contributed by atoms with Gasteiger partial charge in [-0.2, -0.15) is 15.0 Å². The van der Waals surface area contributed by atoms with Crippen LogP contribution in [-0.2, 0) is 10.0 Å². The molecule has 0 saturated heterocycles. The van der Waals surface area contributed by atoms with E-state index >= 15 is 0 Å². The summed E-state index contributed by atoms with van der Waals surface area (Å²) in [5, 5.41) is 11.6. The van der Waals surface area contributed by atoms with Crippen LogP contribution >= 0.6 is 11.6 Å². The van der Waals surface area contributed by atoms with Crippen LogP contribution in [0.5, 0.6) is 0 Å². The summed E-state index contributed by atoms with van der Waals surface area (Å²) in [5.41, 5.74) is 23.6. The molecule has 9 aromatic rings. The fourth-order valence-corrected chi connectivity index (χ4v) is 8.70. The van der Waals surface area contributed by atoms with E-state index in [0.29, 0.717) is 51.6 Å². The van der Waals surface area contributed by atoms with Crippen LogP contribution in [0.3, 0.4) is 0 Å². The Labute approximate surface area is 400 Å². The topological polar surface area (TPSA) is 280 Å². The predicted molar refractivity (Wildman–Crippen MR) is 268 cm³/mol. The molecule has 3 aromatic carbocycles. The lowest BCUT2D eigenvalue weighted by Gasteiger charge is -2.11. The maximum absolute atomic E-state index is 13.5. The Morgan fingerprint density at radius 2 is 1.22 bits per heavy atom. The molecule has 2 fully saturated rings. The molecule has 0 atom stereocenters. The molecule has 2 saturated carbocycles. The van der Waals surface area contributed by atoms with Gasteiger partial charge in [-0.05, 0) is 140 Å². The van der Waals surface area contributed by atoms with Gasteiger partial charge in [-0.15, -0.1) is 0 Å². The largest absolute Gasteiger partial charge is 0.399 e. The molecule has 0 radical (unpaired) electrons. The van der Waals surface area contributed by atoms with Crippen molar-refractivity contribution in [3.05, 3.63) is 156 Å². The van der Waals surface area contributed by atoms with E-state index in [2.05, 4.69) is 45.9 Å². The van der Waals surface area contributed by atoms with Gasteiger partial charge in [0.25, 0.3) is 10.0 Å². The van der Waals surface area contributed by atoms with Gasteiger partial charge in [0.15, 0.2) is 5.65 Å². The summed E-state index contributed by atoms with van der Waals surface area (Å²) >= 11 is 6.19. The summed E-state index contributed by atoms with van der Waals surface area (Å²) in [5.74, 6) is 0.912. The highest BCUT2D eigenvalue weighted by atomic mass is 35.5. The summed E-state index contributed by atoms with van der Waals surface area (Å²) in [6.45, 7) is 1.91. The van der Waals surface area contributed by atoms with Gasteiger partial charge in [-0.1, -0.05) is 17.7 Å². The van der Waals surface area contributed by atoms with Gasteiger partial charge in [0, 0.05) is 82.9 Å². The molecule has 11 rings (SSSR count). The number of halogens is 1. The lowest BCUT2D eigenvalue weighted by atomic mass is 10.1. The number of aromatic nitrogens is 8. The third kappa shape index (κ3) is 10.6. The Kier molecular flexibility index (Phi) is 12.9. The van der Waals surface area contributed by atoms with Crippen LogP contribution in [0, 0.1) is 6.92 Å². The quantitative estimate of drug-likeness (QED) is 0.0450. The van der Waals surface area contributed by atoms with Crippen LogP contribution in [-0.4, -0.2) is 71.2 Å². The smallest absolute Gasteiger partial charge is 0.269 e. The second-order valence-electron chi connectivity index (χ2n) is 16.4. The highest BCUT2D eigenvalue weighted by molar-refractivity contribution is 7.90. The number of anilines is 5. The van der Waals surface area contributed by atoms with Crippen LogP contribution in [0.1, 0.15) is 52.0 Å². The zero-order valence-electron chi connectivity index (χ0n) is 37.0. The highest BCUT2D eigenvalue weighted by Crippen LogP contribution is 2.39. The van der Waals surface area contributed by atoms with Gasteiger partial charge in [-0.25, -0.2) is 17.4 Å². The number of nitrogens with two attached hydrogens (primary N) is 3. The predicted octanol–water partition coefficient (Wildman–Crippen LogP) is 8.07. The number of pyridine rings is 2. The van der Waals surface area contributed by atoms with Crippen molar-refractivity contribution in [2.75, 3.05) is 21.7 Å². The molecule has 6 aromatic heterocycles. The van der Waals surface area contributed by atoms with Crippen molar-refractivity contribution in [1.29, 1.82) is 0 Å². The number of benzene rings is 3. The van der Waals surface area contributed by atoms with E-state index < -0.39 is 21.8 Å². The normalized spacial score (nSPS) is 13.1. The Morgan fingerprint density at radius 1 is 0.681 bits per heavy atom. The van der Waals surface area contributed by atoms with Crippen LogP contribution in [0.15, 0.2) is 139 Å². The maximum atomic E-state index is 13.5. The lowest BCUT2D eigenvalue weighted by molar-refractivity contribution is 0.0992. The van der Waals surface area contributed by atoms with Gasteiger partial charge in [-0.3, -0.25) is 19.6 Å². The first-order valence-electron chi connectivity index (χ1n) is 21.8. The number of fused-ring (bicyclic) bond motifs is 2. The number of rotatable bonds is 12. The monoisotopic (exact) mass is 960 g/mol. The molecule has 2 aliphatic rings. The molecular weight excluding hydrogens is 916 g/mol. The van der Waals surface area contributed by atoms with Crippen LogP contribution in [0.4, 0.5) is 29.0 Å². The van der Waals surface area contributed by atoms with E-state index in [1.54, 1.807) is 104 Å². The SMILES string of the molecule is Cc1ccc(S(=O)(=O)n2cc(-c3ccncc3)c3c(NC4CC4)nc(Cl)nc32)cc1.NC(=O)c1ccc(N)cc1.NC(=O)c1ccc(Nc2nc(NC3CC3)c3c(-c4ccncc4)c[nH]c3n2)cc1. The molecule has 69 heavy (non-hydrogen) atoms. The van der Waals surface area contributed by atoms with Gasteiger partial charge >= 0.3 is 0 Å².